The Morgan fingerprint density at radius 1 is 0.405 bits per heavy atom. The molecule has 8 aromatic rings. The predicted molar refractivity (Wildman–Crippen MR) is 309 cm³/mol. The molecular formula is C64H64Br2N2O6. The highest BCUT2D eigenvalue weighted by Crippen LogP contribution is 2.43. The Labute approximate surface area is 452 Å². The summed E-state index contributed by atoms with van der Waals surface area (Å²) >= 11 is 7.86. The second-order valence-electron chi connectivity index (χ2n) is 19.2. The third-order valence-electron chi connectivity index (χ3n) is 13.6. The Morgan fingerprint density at radius 2 is 0.676 bits per heavy atom. The SMILES string of the molecule is CCCOc1c2cc(Br)cc1Cc1cc(C(=O)N(C)c3cccc4ccccc34)cc(c1OCCC)Cc1cc(Br)cc(c1OCCC)Cc1cc(C(=O)N(C)c3cccc4ccccc34)cc(c1OCCC)C2. The zero-order valence-electron chi connectivity index (χ0n) is 43.3. The number of carbonyl (C=O) groups is 2. The second kappa shape index (κ2) is 23.7. The number of hydrogen-bond acceptors (Lipinski definition) is 6. The van der Waals surface area contributed by atoms with Crippen molar-refractivity contribution in [3.63, 3.8) is 0 Å². The average Bonchev–Trinajstić information content (AvgIpc) is 3.40. The zero-order chi connectivity index (χ0) is 51.9. The first kappa shape index (κ1) is 52.3. The van der Waals surface area contributed by atoms with Gasteiger partial charge in [0.2, 0.25) is 0 Å². The Bertz CT molecular complexity index is 3040. The van der Waals surface area contributed by atoms with Gasteiger partial charge in [0, 0.05) is 92.9 Å². The van der Waals surface area contributed by atoms with E-state index in [1.54, 1.807) is 9.80 Å². The molecule has 1 aliphatic carbocycles. The first-order valence-electron chi connectivity index (χ1n) is 26.0. The van der Waals surface area contributed by atoms with Gasteiger partial charge in [0.15, 0.2) is 0 Å². The molecule has 0 fully saturated rings. The molecule has 0 saturated carbocycles. The number of fused-ring (bicyclic) bond motifs is 10. The van der Waals surface area contributed by atoms with Gasteiger partial charge in [0.25, 0.3) is 11.8 Å². The fourth-order valence-electron chi connectivity index (χ4n) is 10.2. The minimum atomic E-state index is -0.135. The van der Waals surface area contributed by atoms with Gasteiger partial charge in [-0.15, -0.1) is 0 Å². The molecule has 380 valence electrons. The van der Waals surface area contributed by atoms with Crippen molar-refractivity contribution in [2.24, 2.45) is 0 Å². The molecule has 9 rings (SSSR count). The van der Waals surface area contributed by atoms with E-state index in [0.29, 0.717) is 63.2 Å². The molecule has 0 unspecified atom stereocenters. The topological polar surface area (TPSA) is 77.5 Å². The number of hydrogen-bond donors (Lipinski definition) is 0. The standard InChI is InChI=1S/C64H64Br2N2O6/c1-7-25-71-59-43-29-47-37-53(65)39-49(61(47)73-27-9-3)31-45-35-52(64(70)68(6)58-24-16-20-42-18-12-14-22-56(42)58)36-46(60(45)72-26-8-2)32-50-40-54(66)38-48(62(50)74-28-10-4)30-44(59)34-51(33-43)63(69)67(5)57-23-15-19-41-17-11-13-21-55(41)57/h11-24,33-40H,7-10,25-32H2,1-6H3. The minimum absolute atomic E-state index is 0.135. The molecule has 0 N–H and O–H groups in total. The fourth-order valence-corrected chi connectivity index (χ4v) is 11.3. The van der Waals surface area contributed by atoms with Crippen LogP contribution in [0.5, 0.6) is 23.0 Å². The summed E-state index contributed by atoms with van der Waals surface area (Å²) in [6.07, 6.45) is 4.79. The van der Waals surface area contributed by atoms with E-state index in [-0.39, 0.29) is 11.8 Å². The highest BCUT2D eigenvalue weighted by Gasteiger charge is 2.28. The molecule has 1 aliphatic rings. The van der Waals surface area contributed by atoms with Crippen molar-refractivity contribution in [1.29, 1.82) is 0 Å². The number of nitrogens with zero attached hydrogens (tertiary/aromatic N) is 2. The molecule has 8 aromatic carbocycles. The third kappa shape index (κ3) is 11.2. The Morgan fingerprint density at radius 3 is 0.973 bits per heavy atom. The lowest BCUT2D eigenvalue weighted by molar-refractivity contribution is 0.0985. The summed E-state index contributed by atoms with van der Waals surface area (Å²) in [5.41, 5.74) is 9.96. The maximum atomic E-state index is 15.1. The highest BCUT2D eigenvalue weighted by atomic mass is 79.9. The lowest BCUT2D eigenvalue weighted by Gasteiger charge is -2.25. The van der Waals surface area contributed by atoms with E-state index in [1.807, 2.05) is 86.9 Å². The average molecular weight is 1120 g/mol. The van der Waals surface area contributed by atoms with Gasteiger partial charge in [-0.2, -0.15) is 0 Å². The Kier molecular flexibility index (Phi) is 16.7. The van der Waals surface area contributed by atoms with Crippen LogP contribution in [0.1, 0.15) is 119 Å². The van der Waals surface area contributed by atoms with Gasteiger partial charge in [0.05, 0.1) is 37.8 Å². The van der Waals surface area contributed by atoms with Crippen LogP contribution in [0.25, 0.3) is 21.5 Å². The van der Waals surface area contributed by atoms with Crippen LogP contribution >= 0.6 is 31.9 Å². The minimum Gasteiger partial charge on any atom is -0.493 e. The van der Waals surface area contributed by atoms with Crippen LogP contribution in [0, 0.1) is 0 Å². The van der Waals surface area contributed by atoms with Crippen molar-refractivity contribution in [2.45, 2.75) is 79.1 Å². The van der Waals surface area contributed by atoms with Gasteiger partial charge < -0.3 is 28.7 Å². The van der Waals surface area contributed by atoms with Crippen LogP contribution in [0.3, 0.4) is 0 Å². The van der Waals surface area contributed by atoms with Gasteiger partial charge >= 0.3 is 0 Å². The fraction of sp³-hybridized carbons (Fsp3) is 0.281. The van der Waals surface area contributed by atoms with E-state index in [0.717, 1.165) is 135 Å². The number of benzene rings is 8. The van der Waals surface area contributed by atoms with Crippen molar-refractivity contribution in [3.05, 3.63) is 198 Å². The van der Waals surface area contributed by atoms with Crippen LogP contribution in [0.4, 0.5) is 11.4 Å². The summed E-state index contributed by atoms with van der Waals surface area (Å²) in [4.78, 5) is 33.8. The molecule has 0 radical (unpaired) electrons. The largest absolute Gasteiger partial charge is 0.493 e. The van der Waals surface area contributed by atoms with Gasteiger partial charge in [-0.3, -0.25) is 9.59 Å². The molecule has 8 bridgehead atoms. The normalized spacial score (nSPS) is 12.1. The van der Waals surface area contributed by atoms with Gasteiger partial charge in [-0.05, 0) is 119 Å². The first-order chi connectivity index (χ1) is 36.0. The van der Waals surface area contributed by atoms with Crippen molar-refractivity contribution >= 4 is 76.6 Å². The van der Waals surface area contributed by atoms with E-state index in [4.69, 9.17) is 18.9 Å². The molecule has 0 saturated heterocycles. The molecule has 2 amide bonds. The summed E-state index contributed by atoms with van der Waals surface area (Å²) < 4.78 is 29.2. The van der Waals surface area contributed by atoms with Crippen molar-refractivity contribution < 1.29 is 28.5 Å². The molecule has 74 heavy (non-hydrogen) atoms. The van der Waals surface area contributed by atoms with E-state index in [1.165, 1.54) is 0 Å². The van der Waals surface area contributed by atoms with Crippen LogP contribution in [0.2, 0.25) is 0 Å². The molecule has 10 heteroatoms. The number of ether oxygens (including phenoxy) is 4. The number of carbonyl (C=O) groups excluding carboxylic acids is 2. The van der Waals surface area contributed by atoms with Gasteiger partial charge in [-0.1, -0.05) is 132 Å². The molecule has 8 nitrogen and oxygen atoms in total. The van der Waals surface area contributed by atoms with Crippen molar-refractivity contribution in [3.8, 4) is 23.0 Å². The van der Waals surface area contributed by atoms with E-state index in [2.05, 4.69) is 120 Å². The van der Waals surface area contributed by atoms with Gasteiger partial charge in [0.1, 0.15) is 23.0 Å². The number of halogens is 2. The second-order valence-corrected chi connectivity index (χ2v) is 21.0. The van der Waals surface area contributed by atoms with E-state index in [9.17, 15) is 0 Å². The number of amides is 2. The summed E-state index contributed by atoms with van der Waals surface area (Å²) in [6, 6.07) is 45.0. The zero-order valence-corrected chi connectivity index (χ0v) is 46.5. The predicted octanol–water partition coefficient (Wildman–Crippen LogP) is 15.9. The Hall–Kier alpha value is -6.62. The van der Waals surface area contributed by atoms with Crippen LogP contribution < -0.4 is 28.7 Å². The molecule has 0 spiro atoms. The molecule has 0 aromatic heterocycles. The number of rotatable bonds is 16. The first-order valence-corrected chi connectivity index (χ1v) is 27.6. The quantitative estimate of drug-likeness (QED) is 0.0959. The monoisotopic (exact) mass is 1110 g/mol. The molecular weight excluding hydrogens is 1050 g/mol. The van der Waals surface area contributed by atoms with E-state index >= 15 is 9.59 Å². The van der Waals surface area contributed by atoms with E-state index < -0.39 is 0 Å². The van der Waals surface area contributed by atoms with Crippen molar-refractivity contribution in [1.82, 2.24) is 0 Å². The smallest absolute Gasteiger partial charge is 0.258 e. The van der Waals surface area contributed by atoms with Crippen LogP contribution in [-0.2, 0) is 25.7 Å². The summed E-state index contributed by atoms with van der Waals surface area (Å²) in [5.74, 6) is 2.73. The highest BCUT2D eigenvalue weighted by molar-refractivity contribution is 9.10. The maximum absolute atomic E-state index is 15.1. The van der Waals surface area contributed by atoms with Crippen LogP contribution in [-0.4, -0.2) is 52.3 Å². The molecule has 0 heterocycles. The Balaban J connectivity index is 1.29. The lowest BCUT2D eigenvalue weighted by atomic mass is 9.89. The summed E-state index contributed by atoms with van der Waals surface area (Å²) in [6.45, 7) is 10.4. The lowest BCUT2D eigenvalue weighted by Crippen LogP contribution is -2.27. The number of anilines is 2. The van der Waals surface area contributed by atoms with Gasteiger partial charge in [-0.25, -0.2) is 0 Å². The molecule has 0 aliphatic heterocycles. The maximum Gasteiger partial charge on any atom is 0.258 e. The summed E-state index contributed by atoms with van der Waals surface area (Å²) in [7, 11) is 3.71. The third-order valence-corrected chi connectivity index (χ3v) is 14.5. The molecule has 0 atom stereocenters. The van der Waals surface area contributed by atoms with Crippen LogP contribution in [0.15, 0.2) is 142 Å². The summed E-state index contributed by atoms with van der Waals surface area (Å²) in [5, 5.41) is 4.11. The van der Waals surface area contributed by atoms with Crippen molar-refractivity contribution in [2.75, 3.05) is 50.3 Å².